The van der Waals surface area contributed by atoms with Crippen LogP contribution in [-0.2, 0) is 10.4 Å². The first-order valence-electron chi connectivity index (χ1n) is 14.5. The minimum Gasteiger partial charge on any atom is -0.264 e. The third kappa shape index (κ3) is 3.09. The monoisotopic (exact) mass is 474 g/mol. The van der Waals surface area contributed by atoms with Gasteiger partial charge in [-0.05, 0) is 172 Å². The van der Waals surface area contributed by atoms with Gasteiger partial charge in [0.25, 0.3) is 0 Å². The first-order chi connectivity index (χ1) is 15.8. The molecule has 0 aliphatic heterocycles. The molecule has 0 aromatic rings. The second-order valence-corrected chi connectivity index (χ2v) is 15.6. The maximum absolute atomic E-state index is 8.74. The summed E-state index contributed by atoms with van der Waals surface area (Å²) < 4.78 is 31.6. The lowest BCUT2D eigenvalue weighted by Gasteiger charge is -2.69. The summed E-state index contributed by atoms with van der Waals surface area (Å²) in [7, 11) is -4.67. The highest BCUT2D eigenvalue weighted by Crippen LogP contribution is 2.72. The van der Waals surface area contributed by atoms with Gasteiger partial charge in [0, 0.05) is 0 Å². The van der Waals surface area contributed by atoms with E-state index in [0.717, 1.165) is 0 Å². The van der Waals surface area contributed by atoms with E-state index in [4.69, 9.17) is 17.5 Å². The molecule has 14 fully saturated rings. The Hall–Kier alpha value is -0.130. The number of hydrogen-bond donors (Lipinski definition) is 2. The van der Waals surface area contributed by atoms with Crippen LogP contribution in [0.25, 0.3) is 0 Å². The summed E-state index contributed by atoms with van der Waals surface area (Å²) in [6, 6.07) is 0. The average molecular weight is 475 g/mol. The van der Waals surface area contributed by atoms with Crippen LogP contribution in [0.5, 0.6) is 0 Å². The number of hydrogen-bond acceptors (Lipinski definition) is 2. The molecule has 14 aliphatic rings. The van der Waals surface area contributed by atoms with Crippen LogP contribution in [0.15, 0.2) is 0 Å². The van der Waals surface area contributed by atoms with Gasteiger partial charge in [-0.15, -0.1) is 0 Å². The van der Waals surface area contributed by atoms with E-state index in [1.807, 2.05) is 0 Å². The highest BCUT2D eigenvalue weighted by molar-refractivity contribution is 7.79. The minimum absolute atomic E-state index is 1.19. The molecule has 0 spiro atoms. The van der Waals surface area contributed by atoms with Crippen molar-refractivity contribution >= 4 is 10.4 Å². The highest BCUT2D eigenvalue weighted by Gasteiger charge is 2.64. The van der Waals surface area contributed by atoms with E-state index >= 15 is 0 Å². The van der Waals surface area contributed by atoms with E-state index in [1.54, 1.807) is 77.0 Å². The predicted molar refractivity (Wildman–Crippen MR) is 125 cm³/mol. The molecule has 0 radical (unpaired) electrons. The molecule has 0 amide bonds. The van der Waals surface area contributed by atoms with E-state index in [-0.39, 0.29) is 0 Å². The van der Waals surface area contributed by atoms with Gasteiger partial charge in [-0.3, -0.25) is 9.11 Å². The molecule has 2 N–H and O–H groups in total. The van der Waals surface area contributed by atoms with Crippen molar-refractivity contribution in [1.82, 2.24) is 0 Å². The second kappa shape index (κ2) is 7.00. The topological polar surface area (TPSA) is 74.6 Å². The largest absolute Gasteiger partial charge is 0.394 e. The molecule has 0 saturated heterocycles. The molecule has 0 aromatic heterocycles. The van der Waals surface area contributed by atoms with Gasteiger partial charge in [-0.1, -0.05) is 0 Å². The van der Waals surface area contributed by atoms with Crippen molar-refractivity contribution in [2.75, 3.05) is 0 Å². The van der Waals surface area contributed by atoms with E-state index in [2.05, 4.69) is 0 Å². The fourth-order valence-electron chi connectivity index (χ4n) is 13.8. The lowest BCUT2D eigenvalue weighted by Crippen LogP contribution is -2.62. The van der Waals surface area contributed by atoms with E-state index < -0.39 is 10.4 Å². The van der Waals surface area contributed by atoms with Crippen LogP contribution in [0.3, 0.4) is 0 Å². The summed E-state index contributed by atoms with van der Waals surface area (Å²) in [5.41, 5.74) is 0. The van der Waals surface area contributed by atoms with Crippen molar-refractivity contribution in [2.45, 2.75) is 77.0 Å². The lowest BCUT2D eigenvalue weighted by atomic mass is 9.36. The van der Waals surface area contributed by atoms with Crippen LogP contribution < -0.4 is 0 Å². The van der Waals surface area contributed by atoms with Gasteiger partial charge in [-0.25, -0.2) is 0 Å². The van der Waals surface area contributed by atoms with Crippen LogP contribution in [0, 0.1) is 94.7 Å². The Labute approximate surface area is 199 Å². The van der Waals surface area contributed by atoms with Crippen molar-refractivity contribution in [1.29, 1.82) is 0 Å². The Morgan fingerprint density at radius 2 is 0.424 bits per heavy atom. The molecule has 5 heteroatoms. The van der Waals surface area contributed by atoms with Crippen molar-refractivity contribution in [3.63, 3.8) is 0 Å². The molecular formula is C28H42O4S. The third-order valence-electron chi connectivity index (χ3n) is 13.9. The van der Waals surface area contributed by atoms with Crippen LogP contribution in [0.4, 0.5) is 0 Å². The first-order valence-corrected chi connectivity index (χ1v) is 15.9. The fourth-order valence-corrected chi connectivity index (χ4v) is 13.8. The Morgan fingerprint density at radius 1 is 0.333 bits per heavy atom. The highest BCUT2D eigenvalue weighted by atomic mass is 32.3. The normalized spacial score (nSPS) is 62.8. The molecule has 33 heavy (non-hydrogen) atoms. The first kappa shape index (κ1) is 21.0. The van der Waals surface area contributed by atoms with E-state index in [0.29, 0.717) is 0 Å². The van der Waals surface area contributed by atoms with Crippen LogP contribution in [0.2, 0.25) is 0 Å². The molecule has 0 unspecified atom stereocenters. The standard InChI is InChI=1S/2C14H20.H2O4S/c2*1-7-2-12-10-4-8-5-11(9(1)10)13(3-7)14(12)6-8;1-5(2,3)4/h2*7-14H,1-6H2;(H2,1,2,3,4). The zero-order chi connectivity index (χ0) is 22.2. The second-order valence-electron chi connectivity index (χ2n) is 14.7. The lowest BCUT2D eigenvalue weighted by molar-refractivity contribution is -0.202. The Bertz CT molecular complexity index is 685. The van der Waals surface area contributed by atoms with Gasteiger partial charge in [-0.2, -0.15) is 8.42 Å². The van der Waals surface area contributed by atoms with E-state index in [9.17, 15) is 0 Å². The molecule has 4 nitrogen and oxygen atoms in total. The summed E-state index contributed by atoms with van der Waals surface area (Å²) in [6.45, 7) is 0. The molecule has 184 valence electrons. The summed E-state index contributed by atoms with van der Waals surface area (Å²) in [6.07, 6.45) is 19.9. The van der Waals surface area contributed by atoms with Crippen molar-refractivity contribution in [2.24, 2.45) is 94.7 Å². The maximum atomic E-state index is 8.74. The molecule has 0 atom stereocenters. The Kier molecular flexibility index (Phi) is 4.45. The molecule has 14 aliphatic carbocycles. The van der Waals surface area contributed by atoms with Crippen LogP contribution >= 0.6 is 0 Å². The van der Waals surface area contributed by atoms with E-state index in [1.165, 1.54) is 94.7 Å². The fraction of sp³-hybridized carbons (Fsp3) is 1.00. The van der Waals surface area contributed by atoms with Gasteiger partial charge >= 0.3 is 10.4 Å². The number of rotatable bonds is 0. The van der Waals surface area contributed by atoms with Crippen LogP contribution in [0.1, 0.15) is 77.0 Å². The van der Waals surface area contributed by atoms with Crippen molar-refractivity contribution in [3.8, 4) is 0 Å². The van der Waals surface area contributed by atoms with Gasteiger partial charge in [0.05, 0.1) is 0 Å². The Morgan fingerprint density at radius 3 is 0.515 bits per heavy atom. The van der Waals surface area contributed by atoms with Gasteiger partial charge in [0.1, 0.15) is 0 Å². The third-order valence-corrected chi connectivity index (χ3v) is 13.9. The van der Waals surface area contributed by atoms with Crippen molar-refractivity contribution < 1.29 is 17.5 Å². The van der Waals surface area contributed by atoms with Gasteiger partial charge in [0.15, 0.2) is 0 Å². The van der Waals surface area contributed by atoms with Crippen molar-refractivity contribution in [3.05, 3.63) is 0 Å². The van der Waals surface area contributed by atoms with Gasteiger partial charge < -0.3 is 0 Å². The Balaban J connectivity index is 0.0000000906. The summed E-state index contributed by atoms with van der Waals surface area (Å²) >= 11 is 0. The summed E-state index contributed by atoms with van der Waals surface area (Å²) in [4.78, 5) is 0. The molecule has 0 aromatic carbocycles. The minimum atomic E-state index is -4.67. The smallest absolute Gasteiger partial charge is 0.264 e. The zero-order valence-corrected chi connectivity index (χ0v) is 20.7. The molecule has 14 saturated carbocycles. The average Bonchev–Trinajstić information content (AvgIpc) is 2.79. The molecule has 0 heterocycles. The molecule has 14 rings (SSSR count). The SMILES string of the molecule is C1C2CC3C4CC5CC(C14)C(C2)C3C5.C1C2CC3C4CC5CC(C14)C(C2)C3C5.O=S(=O)(O)O. The van der Waals surface area contributed by atoms with Crippen LogP contribution in [-0.4, -0.2) is 17.5 Å². The summed E-state index contributed by atoms with van der Waals surface area (Å²) in [5.74, 6) is 19.5. The quantitative estimate of drug-likeness (QED) is 0.423. The summed E-state index contributed by atoms with van der Waals surface area (Å²) in [5, 5.41) is 0. The molecule has 16 bridgehead atoms. The van der Waals surface area contributed by atoms with Gasteiger partial charge in [0.2, 0.25) is 0 Å². The zero-order valence-electron chi connectivity index (χ0n) is 19.8. The predicted octanol–water partition coefficient (Wildman–Crippen LogP) is 6.00. The maximum Gasteiger partial charge on any atom is 0.394 e. The molecular weight excluding hydrogens is 432 g/mol.